The van der Waals surface area contributed by atoms with E-state index in [1.54, 1.807) is 12.1 Å². The van der Waals surface area contributed by atoms with Gasteiger partial charge in [-0.25, -0.2) is 0 Å². The maximum absolute atomic E-state index is 11.7. The average molecular weight is 351 g/mol. The molecule has 0 aliphatic heterocycles. The summed E-state index contributed by atoms with van der Waals surface area (Å²) in [6, 6.07) is 12.7. The number of halogens is 1. The second-order valence-corrected chi connectivity index (χ2v) is 5.15. The minimum Gasteiger partial charge on any atom is -0.444 e. The molecule has 0 saturated heterocycles. The Morgan fingerprint density at radius 2 is 1.71 bits per heavy atom. The van der Waals surface area contributed by atoms with E-state index in [2.05, 4.69) is 26.6 Å². The highest BCUT2D eigenvalue weighted by molar-refractivity contribution is 9.10. The largest absolute Gasteiger partial charge is 0.444 e. The molecule has 0 radical (unpaired) electrons. The van der Waals surface area contributed by atoms with E-state index in [4.69, 9.17) is 4.42 Å². The van der Waals surface area contributed by atoms with Crippen molar-refractivity contribution in [2.75, 3.05) is 13.1 Å². The maximum Gasteiger partial charge on any atom is 0.287 e. The maximum atomic E-state index is 11.7. The zero-order valence-corrected chi connectivity index (χ0v) is 12.9. The van der Waals surface area contributed by atoms with Gasteiger partial charge in [-0.3, -0.25) is 9.59 Å². The molecule has 0 saturated carbocycles. The lowest BCUT2D eigenvalue weighted by molar-refractivity contribution is -0.120. The molecule has 1 aromatic heterocycles. The van der Waals surface area contributed by atoms with Crippen molar-refractivity contribution < 1.29 is 14.0 Å². The second-order valence-electron chi connectivity index (χ2n) is 4.37. The lowest BCUT2D eigenvalue weighted by atomic mass is 10.1. The predicted octanol–water partition coefficient (Wildman–Crippen LogP) is 2.13. The number of rotatable bonds is 6. The summed E-state index contributed by atoms with van der Waals surface area (Å²) in [7, 11) is 0. The summed E-state index contributed by atoms with van der Waals surface area (Å²) in [5.41, 5.74) is 0.958. The monoisotopic (exact) mass is 350 g/mol. The molecule has 0 aliphatic carbocycles. The molecule has 0 atom stereocenters. The number of nitrogens with one attached hydrogen (secondary N) is 2. The number of carbonyl (C=O) groups excluding carboxylic acids is 2. The van der Waals surface area contributed by atoms with Crippen LogP contribution in [-0.4, -0.2) is 24.9 Å². The van der Waals surface area contributed by atoms with E-state index in [0.29, 0.717) is 24.2 Å². The third-order valence-electron chi connectivity index (χ3n) is 2.74. The van der Waals surface area contributed by atoms with Crippen LogP contribution in [0.15, 0.2) is 51.6 Å². The van der Waals surface area contributed by atoms with Crippen LogP contribution in [0.5, 0.6) is 0 Å². The fourth-order valence-electron chi connectivity index (χ4n) is 1.75. The van der Waals surface area contributed by atoms with Crippen molar-refractivity contribution in [3.8, 4) is 0 Å². The molecule has 2 aromatic rings. The first-order chi connectivity index (χ1) is 10.1. The molecular weight excluding hydrogens is 336 g/mol. The van der Waals surface area contributed by atoms with Gasteiger partial charge in [0.2, 0.25) is 5.91 Å². The van der Waals surface area contributed by atoms with Crippen LogP contribution >= 0.6 is 15.9 Å². The molecule has 110 valence electrons. The average Bonchev–Trinajstić information content (AvgIpc) is 2.91. The predicted molar refractivity (Wildman–Crippen MR) is 81.9 cm³/mol. The molecule has 2 N–H and O–H groups in total. The minimum absolute atomic E-state index is 0.0730. The van der Waals surface area contributed by atoms with Crippen molar-refractivity contribution in [1.29, 1.82) is 0 Å². The zero-order chi connectivity index (χ0) is 15.1. The van der Waals surface area contributed by atoms with Gasteiger partial charge in [0.1, 0.15) is 0 Å². The second kappa shape index (κ2) is 7.64. The topological polar surface area (TPSA) is 71.3 Å². The standard InChI is InChI=1S/C15H15BrN2O3/c16-13-7-6-12(21-13)15(20)18-9-8-17-14(19)10-11-4-2-1-3-5-11/h1-7H,8-10H2,(H,17,19)(H,18,20). The molecule has 2 amide bonds. The van der Waals surface area contributed by atoms with Gasteiger partial charge in [-0.2, -0.15) is 0 Å². The third-order valence-corrected chi connectivity index (χ3v) is 3.16. The van der Waals surface area contributed by atoms with Crippen LogP contribution in [0.2, 0.25) is 0 Å². The first-order valence-corrected chi connectivity index (χ1v) is 7.28. The summed E-state index contributed by atoms with van der Waals surface area (Å²) in [6.45, 7) is 0.719. The van der Waals surface area contributed by atoms with Crippen molar-refractivity contribution in [3.63, 3.8) is 0 Å². The van der Waals surface area contributed by atoms with E-state index >= 15 is 0 Å². The number of furan rings is 1. The van der Waals surface area contributed by atoms with Gasteiger partial charge in [-0.1, -0.05) is 30.3 Å². The Morgan fingerprint density at radius 3 is 2.38 bits per heavy atom. The molecule has 21 heavy (non-hydrogen) atoms. The van der Waals surface area contributed by atoms with E-state index in [-0.39, 0.29) is 17.6 Å². The third kappa shape index (κ3) is 5.07. The van der Waals surface area contributed by atoms with Crippen LogP contribution < -0.4 is 10.6 Å². The van der Waals surface area contributed by atoms with Gasteiger partial charge in [-0.15, -0.1) is 0 Å². The quantitative estimate of drug-likeness (QED) is 0.784. The van der Waals surface area contributed by atoms with Crippen molar-refractivity contribution in [3.05, 3.63) is 58.5 Å². The Labute approximate surface area is 130 Å². The minimum atomic E-state index is -0.307. The molecule has 6 heteroatoms. The highest BCUT2D eigenvalue weighted by Crippen LogP contribution is 2.13. The summed E-state index contributed by atoms with van der Waals surface area (Å²) in [6.07, 6.45) is 0.333. The van der Waals surface area contributed by atoms with Gasteiger partial charge in [-0.05, 0) is 33.6 Å². The van der Waals surface area contributed by atoms with Crippen molar-refractivity contribution in [2.24, 2.45) is 0 Å². The zero-order valence-electron chi connectivity index (χ0n) is 11.3. The fourth-order valence-corrected chi connectivity index (χ4v) is 2.05. The summed E-state index contributed by atoms with van der Waals surface area (Å²) >= 11 is 3.13. The van der Waals surface area contributed by atoms with Gasteiger partial charge in [0.05, 0.1) is 6.42 Å². The number of carbonyl (C=O) groups is 2. The van der Waals surface area contributed by atoms with Crippen LogP contribution in [0.25, 0.3) is 0 Å². The molecule has 0 aliphatic rings. The normalized spacial score (nSPS) is 10.1. The molecule has 1 heterocycles. The van der Waals surface area contributed by atoms with Crippen LogP contribution in [0, 0.1) is 0 Å². The highest BCUT2D eigenvalue weighted by Gasteiger charge is 2.09. The molecular formula is C15H15BrN2O3. The van der Waals surface area contributed by atoms with Crippen molar-refractivity contribution >= 4 is 27.7 Å². The number of hydrogen-bond donors (Lipinski definition) is 2. The van der Waals surface area contributed by atoms with E-state index in [0.717, 1.165) is 5.56 Å². The Bertz CT molecular complexity index is 610. The highest BCUT2D eigenvalue weighted by atomic mass is 79.9. The van der Waals surface area contributed by atoms with Gasteiger partial charge in [0.25, 0.3) is 5.91 Å². The van der Waals surface area contributed by atoms with Gasteiger partial charge in [0, 0.05) is 13.1 Å². The van der Waals surface area contributed by atoms with Crippen LogP contribution in [0.1, 0.15) is 16.1 Å². The molecule has 5 nitrogen and oxygen atoms in total. The summed E-state index contributed by atoms with van der Waals surface area (Å²) in [4.78, 5) is 23.3. The lowest BCUT2D eigenvalue weighted by Crippen LogP contribution is -2.35. The number of hydrogen-bond acceptors (Lipinski definition) is 3. The summed E-state index contributed by atoms with van der Waals surface area (Å²) in [5.74, 6) is -0.147. The summed E-state index contributed by atoms with van der Waals surface area (Å²) in [5, 5.41) is 5.41. The van der Waals surface area contributed by atoms with Gasteiger partial charge >= 0.3 is 0 Å². The number of amides is 2. The Kier molecular flexibility index (Phi) is 5.57. The van der Waals surface area contributed by atoms with Gasteiger partial charge in [0.15, 0.2) is 10.4 Å². The van der Waals surface area contributed by atoms with Crippen molar-refractivity contribution in [2.45, 2.75) is 6.42 Å². The van der Waals surface area contributed by atoms with E-state index in [1.807, 2.05) is 30.3 Å². The van der Waals surface area contributed by atoms with E-state index < -0.39 is 0 Å². The SMILES string of the molecule is O=C(Cc1ccccc1)NCCNC(=O)c1ccc(Br)o1. The molecule has 2 rings (SSSR count). The molecule has 0 fully saturated rings. The van der Waals surface area contributed by atoms with E-state index in [1.165, 1.54) is 0 Å². The van der Waals surface area contributed by atoms with Crippen LogP contribution in [0.3, 0.4) is 0 Å². The van der Waals surface area contributed by atoms with E-state index in [9.17, 15) is 9.59 Å². The smallest absolute Gasteiger partial charge is 0.287 e. The Balaban J connectivity index is 1.65. The Morgan fingerprint density at radius 1 is 1.00 bits per heavy atom. The van der Waals surface area contributed by atoms with Crippen LogP contribution in [-0.2, 0) is 11.2 Å². The summed E-state index contributed by atoms with van der Waals surface area (Å²) < 4.78 is 5.62. The molecule has 0 bridgehead atoms. The first kappa shape index (κ1) is 15.3. The first-order valence-electron chi connectivity index (χ1n) is 6.49. The molecule has 0 spiro atoms. The number of benzene rings is 1. The van der Waals surface area contributed by atoms with Gasteiger partial charge < -0.3 is 15.1 Å². The van der Waals surface area contributed by atoms with Crippen molar-refractivity contribution in [1.82, 2.24) is 10.6 Å². The fraction of sp³-hybridized carbons (Fsp3) is 0.200. The lowest BCUT2D eigenvalue weighted by Gasteiger charge is -2.06. The molecule has 1 aromatic carbocycles. The van der Waals surface area contributed by atoms with Crippen LogP contribution in [0.4, 0.5) is 0 Å². The Hall–Kier alpha value is -2.08. The molecule has 0 unspecified atom stereocenters.